The summed E-state index contributed by atoms with van der Waals surface area (Å²) in [5.74, 6) is 1.02. The lowest BCUT2D eigenvalue weighted by Gasteiger charge is -2.04. The van der Waals surface area contributed by atoms with Crippen molar-refractivity contribution >= 4 is 27.5 Å². The number of alkyl halides is 1. The third kappa shape index (κ3) is 2.53. The van der Waals surface area contributed by atoms with E-state index in [0.717, 1.165) is 21.2 Å². The van der Waals surface area contributed by atoms with Gasteiger partial charge in [0.25, 0.3) is 0 Å². The summed E-state index contributed by atoms with van der Waals surface area (Å²) in [4.78, 5) is 4.27. The monoisotopic (exact) mass is 314 g/mol. The van der Waals surface area contributed by atoms with E-state index in [0.29, 0.717) is 11.7 Å². The zero-order chi connectivity index (χ0) is 12.6. The predicted molar refractivity (Wildman–Crippen MR) is 71.2 cm³/mol. The Balaban J connectivity index is 2.46. The van der Waals surface area contributed by atoms with Crippen molar-refractivity contribution in [2.75, 3.05) is 0 Å². The van der Waals surface area contributed by atoms with Crippen molar-refractivity contribution in [3.63, 3.8) is 0 Å². The van der Waals surface area contributed by atoms with Crippen LogP contribution in [0.5, 0.6) is 0 Å². The molecule has 0 fully saturated rings. The fourth-order valence-electron chi connectivity index (χ4n) is 1.59. The van der Waals surface area contributed by atoms with Gasteiger partial charge in [0.1, 0.15) is 5.38 Å². The van der Waals surface area contributed by atoms with Crippen LogP contribution in [0, 0.1) is 13.8 Å². The first-order valence-corrected chi connectivity index (χ1v) is 6.46. The highest BCUT2D eigenvalue weighted by Crippen LogP contribution is 2.28. The van der Waals surface area contributed by atoms with Gasteiger partial charge in [-0.15, -0.1) is 11.6 Å². The number of rotatable bonds is 2. The zero-order valence-corrected chi connectivity index (χ0v) is 12.1. The third-order valence-corrected chi connectivity index (χ3v) is 3.91. The first kappa shape index (κ1) is 12.6. The smallest absolute Gasteiger partial charge is 0.244 e. The number of aryl methyl sites for hydroxylation is 2. The number of halogens is 2. The van der Waals surface area contributed by atoms with Gasteiger partial charge in [-0.2, -0.15) is 4.98 Å². The van der Waals surface area contributed by atoms with Crippen molar-refractivity contribution in [3.05, 3.63) is 33.6 Å². The molecule has 0 aliphatic heterocycles. The average molecular weight is 316 g/mol. The van der Waals surface area contributed by atoms with Crippen molar-refractivity contribution in [1.29, 1.82) is 0 Å². The standard InChI is InChI=1S/C12H12BrClN2O/c1-6-4-9(5-7(2)10(6)13)11-15-12(8(3)14)17-16-11/h4-5,8H,1-3H3. The molecule has 0 bridgehead atoms. The molecule has 1 unspecified atom stereocenters. The van der Waals surface area contributed by atoms with Crippen LogP contribution < -0.4 is 0 Å². The van der Waals surface area contributed by atoms with Crippen molar-refractivity contribution in [2.45, 2.75) is 26.1 Å². The SMILES string of the molecule is Cc1cc(-c2noc(C(C)Cl)n2)cc(C)c1Br. The number of hydrogen-bond acceptors (Lipinski definition) is 3. The topological polar surface area (TPSA) is 38.9 Å². The normalized spacial score (nSPS) is 12.8. The Hall–Kier alpha value is -0.870. The van der Waals surface area contributed by atoms with Crippen LogP contribution in [0.15, 0.2) is 21.1 Å². The van der Waals surface area contributed by atoms with Gasteiger partial charge in [-0.3, -0.25) is 0 Å². The van der Waals surface area contributed by atoms with Gasteiger partial charge >= 0.3 is 0 Å². The van der Waals surface area contributed by atoms with E-state index >= 15 is 0 Å². The number of nitrogens with zero attached hydrogens (tertiary/aromatic N) is 2. The van der Waals surface area contributed by atoms with Gasteiger partial charge in [0.05, 0.1) is 0 Å². The summed E-state index contributed by atoms with van der Waals surface area (Å²) in [6, 6.07) is 4.04. The minimum atomic E-state index is -0.270. The van der Waals surface area contributed by atoms with Crippen molar-refractivity contribution in [1.82, 2.24) is 10.1 Å². The van der Waals surface area contributed by atoms with Gasteiger partial charge in [-0.05, 0) is 44.0 Å². The van der Waals surface area contributed by atoms with Gasteiger partial charge in [-0.1, -0.05) is 21.1 Å². The summed E-state index contributed by atoms with van der Waals surface area (Å²) < 4.78 is 6.19. The Morgan fingerprint density at radius 2 is 1.88 bits per heavy atom. The van der Waals surface area contributed by atoms with Gasteiger partial charge in [-0.25, -0.2) is 0 Å². The molecule has 5 heteroatoms. The van der Waals surface area contributed by atoms with Gasteiger partial charge < -0.3 is 4.52 Å². The lowest BCUT2D eigenvalue weighted by Crippen LogP contribution is -1.88. The second kappa shape index (κ2) is 4.78. The molecule has 17 heavy (non-hydrogen) atoms. The highest BCUT2D eigenvalue weighted by atomic mass is 79.9. The second-order valence-corrected chi connectivity index (χ2v) is 5.44. The predicted octanol–water partition coefficient (Wildman–Crippen LogP) is 4.42. The van der Waals surface area contributed by atoms with Crippen molar-refractivity contribution in [2.24, 2.45) is 0 Å². The highest BCUT2D eigenvalue weighted by molar-refractivity contribution is 9.10. The van der Waals surface area contributed by atoms with Crippen molar-refractivity contribution in [3.8, 4) is 11.4 Å². The van der Waals surface area contributed by atoms with Crippen LogP contribution in [0.3, 0.4) is 0 Å². The fraction of sp³-hybridized carbons (Fsp3) is 0.333. The minimum absolute atomic E-state index is 0.270. The molecule has 3 nitrogen and oxygen atoms in total. The van der Waals surface area contributed by atoms with Gasteiger partial charge in [0.15, 0.2) is 0 Å². The molecule has 0 spiro atoms. The van der Waals surface area contributed by atoms with E-state index in [1.807, 2.05) is 26.0 Å². The van der Waals surface area contributed by atoms with Crippen LogP contribution in [-0.4, -0.2) is 10.1 Å². The second-order valence-electron chi connectivity index (χ2n) is 4.00. The lowest BCUT2D eigenvalue weighted by atomic mass is 10.1. The molecule has 0 aliphatic carbocycles. The summed E-state index contributed by atoms with van der Waals surface area (Å²) in [6.45, 7) is 5.87. The van der Waals surface area contributed by atoms with E-state index in [1.165, 1.54) is 0 Å². The first-order valence-electron chi connectivity index (χ1n) is 5.24. The molecule has 0 radical (unpaired) electrons. The Labute approximate surface area is 113 Å². The first-order chi connectivity index (χ1) is 7.99. The fourth-order valence-corrected chi connectivity index (χ4v) is 1.91. The molecule has 0 N–H and O–H groups in total. The maximum atomic E-state index is 5.89. The summed E-state index contributed by atoms with van der Waals surface area (Å²) in [6.07, 6.45) is 0. The van der Waals surface area contributed by atoms with Gasteiger partial charge in [0, 0.05) is 10.0 Å². The van der Waals surface area contributed by atoms with E-state index in [9.17, 15) is 0 Å². The third-order valence-electron chi connectivity index (χ3n) is 2.48. The molecule has 0 aliphatic rings. The largest absolute Gasteiger partial charge is 0.337 e. The minimum Gasteiger partial charge on any atom is -0.337 e. The lowest BCUT2D eigenvalue weighted by molar-refractivity contribution is 0.379. The molecule has 2 rings (SSSR count). The Bertz CT molecular complexity index is 528. The van der Waals surface area contributed by atoms with Gasteiger partial charge in [0.2, 0.25) is 11.7 Å². The van der Waals surface area contributed by atoms with Crippen LogP contribution in [0.2, 0.25) is 0 Å². The van der Waals surface area contributed by atoms with E-state index in [2.05, 4.69) is 26.1 Å². The molecule has 1 aromatic carbocycles. The molecule has 90 valence electrons. The number of benzene rings is 1. The maximum absolute atomic E-state index is 5.89. The molecule has 2 aromatic rings. The van der Waals surface area contributed by atoms with E-state index in [1.54, 1.807) is 6.92 Å². The van der Waals surface area contributed by atoms with Crippen molar-refractivity contribution < 1.29 is 4.52 Å². The zero-order valence-electron chi connectivity index (χ0n) is 9.79. The molecule has 1 heterocycles. The van der Waals surface area contributed by atoms with Crippen LogP contribution >= 0.6 is 27.5 Å². The molecular weight excluding hydrogens is 304 g/mol. The summed E-state index contributed by atoms with van der Waals surface area (Å²) in [5, 5.41) is 3.66. The highest BCUT2D eigenvalue weighted by Gasteiger charge is 2.14. The maximum Gasteiger partial charge on any atom is 0.244 e. The Morgan fingerprint density at radius 1 is 1.29 bits per heavy atom. The van der Waals surface area contributed by atoms with Crippen LogP contribution in [0.1, 0.15) is 29.3 Å². The number of hydrogen-bond donors (Lipinski definition) is 0. The van der Waals surface area contributed by atoms with Crippen LogP contribution in [0.4, 0.5) is 0 Å². The summed E-state index contributed by atoms with van der Waals surface area (Å²) in [5.41, 5.74) is 3.23. The summed E-state index contributed by atoms with van der Waals surface area (Å²) in [7, 11) is 0. The van der Waals surface area contributed by atoms with E-state index in [-0.39, 0.29) is 5.38 Å². The molecule has 0 saturated heterocycles. The molecular formula is C12H12BrClN2O. The van der Waals surface area contributed by atoms with E-state index < -0.39 is 0 Å². The van der Waals surface area contributed by atoms with Crippen LogP contribution in [-0.2, 0) is 0 Å². The summed E-state index contributed by atoms with van der Waals surface area (Å²) >= 11 is 9.42. The van der Waals surface area contributed by atoms with E-state index in [4.69, 9.17) is 16.1 Å². The average Bonchev–Trinajstić information content (AvgIpc) is 2.74. The molecule has 1 atom stereocenters. The molecule has 0 saturated carbocycles. The Kier molecular flexibility index (Phi) is 3.54. The Morgan fingerprint density at radius 3 is 2.35 bits per heavy atom. The van der Waals surface area contributed by atoms with Crippen LogP contribution in [0.25, 0.3) is 11.4 Å². The quantitative estimate of drug-likeness (QED) is 0.770. The number of aromatic nitrogens is 2. The molecule has 1 aromatic heterocycles. The molecule has 0 amide bonds.